The number of amides is 1. The second kappa shape index (κ2) is 9.98. The molecule has 4 heteroatoms. The molecule has 0 fully saturated rings. The molecule has 4 nitrogen and oxygen atoms in total. The number of rotatable bonds is 4. The summed E-state index contributed by atoms with van der Waals surface area (Å²) in [6.45, 7) is 9.43. The van der Waals surface area contributed by atoms with Gasteiger partial charge in [0.1, 0.15) is 0 Å². The van der Waals surface area contributed by atoms with Crippen molar-refractivity contribution in [2.75, 3.05) is 7.05 Å². The first-order valence-electron chi connectivity index (χ1n) is 5.36. The SMILES string of the molecule is C=C/C=C(N)\C(=C/CC)C(=O)N(C)N.CC. The molecule has 0 aromatic carbocycles. The first kappa shape index (κ1) is 16.9. The van der Waals surface area contributed by atoms with Gasteiger partial charge in [-0.05, 0) is 12.5 Å². The van der Waals surface area contributed by atoms with Crippen molar-refractivity contribution >= 4 is 5.91 Å². The molecule has 0 saturated carbocycles. The fourth-order valence-electron chi connectivity index (χ4n) is 0.940. The first-order valence-corrected chi connectivity index (χ1v) is 5.36. The van der Waals surface area contributed by atoms with E-state index in [0.29, 0.717) is 11.3 Å². The molecule has 0 unspecified atom stereocenters. The van der Waals surface area contributed by atoms with Crippen molar-refractivity contribution in [1.29, 1.82) is 0 Å². The summed E-state index contributed by atoms with van der Waals surface area (Å²) in [5.74, 6) is 5.03. The maximum absolute atomic E-state index is 11.5. The number of carbonyl (C=O) groups excluding carboxylic acids is 1. The highest BCUT2D eigenvalue weighted by atomic mass is 16.2. The van der Waals surface area contributed by atoms with E-state index in [1.165, 1.54) is 13.1 Å². The number of hydrazine groups is 1. The van der Waals surface area contributed by atoms with Crippen molar-refractivity contribution in [3.8, 4) is 0 Å². The summed E-state index contributed by atoms with van der Waals surface area (Å²) >= 11 is 0. The van der Waals surface area contributed by atoms with Gasteiger partial charge in [0.25, 0.3) is 5.91 Å². The number of hydrogen-bond acceptors (Lipinski definition) is 3. The third-order valence-electron chi connectivity index (χ3n) is 1.57. The van der Waals surface area contributed by atoms with Crippen LogP contribution in [0.3, 0.4) is 0 Å². The van der Waals surface area contributed by atoms with Gasteiger partial charge in [0.15, 0.2) is 0 Å². The molecule has 92 valence electrons. The Balaban J connectivity index is 0. The summed E-state index contributed by atoms with van der Waals surface area (Å²) in [4.78, 5) is 11.5. The molecule has 0 aromatic rings. The molecule has 0 radical (unpaired) electrons. The van der Waals surface area contributed by atoms with Gasteiger partial charge in [-0.2, -0.15) is 0 Å². The van der Waals surface area contributed by atoms with E-state index >= 15 is 0 Å². The van der Waals surface area contributed by atoms with E-state index in [9.17, 15) is 4.79 Å². The fraction of sp³-hybridized carbons (Fsp3) is 0.417. The summed E-state index contributed by atoms with van der Waals surface area (Å²) in [5.41, 5.74) is 6.46. The number of nitrogens with zero attached hydrogens (tertiary/aromatic N) is 1. The van der Waals surface area contributed by atoms with E-state index < -0.39 is 0 Å². The van der Waals surface area contributed by atoms with Crippen LogP contribution in [0.2, 0.25) is 0 Å². The lowest BCUT2D eigenvalue weighted by molar-refractivity contribution is -0.125. The highest BCUT2D eigenvalue weighted by Crippen LogP contribution is 2.07. The Morgan fingerprint density at radius 3 is 2.25 bits per heavy atom. The first-order chi connectivity index (χ1) is 7.54. The molecule has 0 saturated heterocycles. The maximum Gasteiger partial charge on any atom is 0.269 e. The average molecular weight is 225 g/mol. The minimum Gasteiger partial charge on any atom is -0.398 e. The molecule has 0 heterocycles. The Morgan fingerprint density at radius 2 is 1.94 bits per heavy atom. The van der Waals surface area contributed by atoms with Crippen molar-refractivity contribution in [3.05, 3.63) is 36.1 Å². The van der Waals surface area contributed by atoms with Crippen LogP contribution in [-0.4, -0.2) is 18.0 Å². The van der Waals surface area contributed by atoms with Gasteiger partial charge in [0.2, 0.25) is 0 Å². The van der Waals surface area contributed by atoms with Crippen molar-refractivity contribution in [3.63, 3.8) is 0 Å². The molecule has 0 atom stereocenters. The second-order valence-electron chi connectivity index (χ2n) is 2.80. The quantitative estimate of drug-likeness (QED) is 0.251. The number of allylic oxidation sites excluding steroid dienone is 3. The van der Waals surface area contributed by atoms with Gasteiger partial charge in [-0.15, -0.1) is 0 Å². The monoisotopic (exact) mass is 225 g/mol. The van der Waals surface area contributed by atoms with E-state index in [4.69, 9.17) is 11.6 Å². The highest BCUT2D eigenvalue weighted by molar-refractivity contribution is 5.97. The minimum absolute atomic E-state index is 0.303. The molecule has 16 heavy (non-hydrogen) atoms. The van der Waals surface area contributed by atoms with Crippen LogP contribution in [-0.2, 0) is 4.79 Å². The minimum atomic E-state index is -0.303. The molecule has 1 amide bonds. The Morgan fingerprint density at radius 1 is 1.44 bits per heavy atom. The van der Waals surface area contributed by atoms with Crippen LogP contribution < -0.4 is 11.6 Å². The molecule has 0 aliphatic heterocycles. The van der Waals surface area contributed by atoms with E-state index in [1.807, 2.05) is 20.8 Å². The number of hydrogen-bond donors (Lipinski definition) is 2. The zero-order valence-electron chi connectivity index (χ0n) is 10.7. The van der Waals surface area contributed by atoms with Gasteiger partial charge in [0.05, 0.1) is 5.57 Å². The summed E-state index contributed by atoms with van der Waals surface area (Å²) in [6.07, 6.45) is 5.56. The maximum atomic E-state index is 11.5. The molecule has 0 aliphatic carbocycles. The molecule has 0 aliphatic rings. The number of carbonyl (C=O) groups is 1. The van der Waals surface area contributed by atoms with Crippen molar-refractivity contribution in [2.45, 2.75) is 27.2 Å². The predicted molar refractivity (Wildman–Crippen MR) is 69.1 cm³/mol. The van der Waals surface area contributed by atoms with E-state index in [-0.39, 0.29) is 5.91 Å². The van der Waals surface area contributed by atoms with Crippen LogP contribution in [0.1, 0.15) is 27.2 Å². The Kier molecular flexibility index (Phi) is 10.5. The predicted octanol–water partition coefficient (Wildman–Crippen LogP) is 1.71. The Hall–Kier alpha value is -1.55. The number of likely N-dealkylation sites (N-methyl/N-ethyl adjacent to an activating group) is 1. The summed E-state index contributed by atoms with van der Waals surface area (Å²) in [5, 5.41) is 1.01. The smallest absolute Gasteiger partial charge is 0.269 e. The summed E-state index contributed by atoms with van der Waals surface area (Å²) in [7, 11) is 1.48. The van der Waals surface area contributed by atoms with Crippen LogP contribution in [0, 0.1) is 0 Å². The number of nitrogens with two attached hydrogens (primary N) is 2. The molecule has 4 N–H and O–H groups in total. The van der Waals surface area contributed by atoms with Crippen LogP contribution in [0.25, 0.3) is 0 Å². The van der Waals surface area contributed by atoms with Crippen LogP contribution >= 0.6 is 0 Å². The van der Waals surface area contributed by atoms with Crippen molar-refractivity contribution in [2.24, 2.45) is 11.6 Å². The zero-order chi connectivity index (χ0) is 13.1. The van der Waals surface area contributed by atoms with Gasteiger partial charge in [0, 0.05) is 12.7 Å². The molecular formula is C12H23N3O. The topological polar surface area (TPSA) is 72.4 Å². The lowest BCUT2D eigenvalue weighted by atomic mass is 10.1. The standard InChI is InChI=1S/C10H17N3O.C2H6/c1-4-6-8(9(11)7-5-2)10(14)13(3)12;1-2/h5-7H,2,4,11-12H2,1,3H3;1-2H3/b8-6+,9-7+;. The van der Waals surface area contributed by atoms with E-state index in [2.05, 4.69) is 6.58 Å². The largest absolute Gasteiger partial charge is 0.398 e. The summed E-state index contributed by atoms with van der Waals surface area (Å²) in [6, 6.07) is 0. The zero-order valence-corrected chi connectivity index (χ0v) is 10.7. The van der Waals surface area contributed by atoms with Crippen LogP contribution in [0.5, 0.6) is 0 Å². The van der Waals surface area contributed by atoms with Crippen LogP contribution in [0.4, 0.5) is 0 Å². The molecule has 0 bridgehead atoms. The highest BCUT2D eigenvalue weighted by Gasteiger charge is 2.13. The summed E-state index contributed by atoms with van der Waals surface area (Å²) < 4.78 is 0. The Labute approximate surface area is 98.3 Å². The lowest BCUT2D eigenvalue weighted by Gasteiger charge is -2.13. The van der Waals surface area contributed by atoms with Gasteiger partial charge < -0.3 is 5.73 Å². The lowest BCUT2D eigenvalue weighted by Crippen LogP contribution is -2.35. The van der Waals surface area contributed by atoms with Gasteiger partial charge in [-0.3, -0.25) is 9.80 Å². The van der Waals surface area contributed by atoms with E-state index in [1.54, 1.807) is 12.2 Å². The van der Waals surface area contributed by atoms with Crippen LogP contribution in [0.15, 0.2) is 36.1 Å². The normalized spacial score (nSPS) is 11.3. The van der Waals surface area contributed by atoms with Crippen molar-refractivity contribution < 1.29 is 4.79 Å². The van der Waals surface area contributed by atoms with Gasteiger partial charge in [-0.25, -0.2) is 5.84 Å². The third kappa shape index (κ3) is 6.03. The average Bonchev–Trinajstić information content (AvgIpc) is 2.27. The molecular weight excluding hydrogens is 202 g/mol. The van der Waals surface area contributed by atoms with Crippen molar-refractivity contribution in [1.82, 2.24) is 5.01 Å². The molecule has 0 spiro atoms. The molecule has 0 aromatic heterocycles. The third-order valence-corrected chi connectivity index (χ3v) is 1.57. The van der Waals surface area contributed by atoms with Gasteiger partial charge >= 0.3 is 0 Å². The van der Waals surface area contributed by atoms with E-state index in [0.717, 1.165) is 11.4 Å². The fourth-order valence-corrected chi connectivity index (χ4v) is 0.940. The second-order valence-corrected chi connectivity index (χ2v) is 2.80. The van der Waals surface area contributed by atoms with Gasteiger partial charge in [-0.1, -0.05) is 39.5 Å². The Bertz CT molecular complexity index is 278. The molecule has 0 rings (SSSR count).